The van der Waals surface area contributed by atoms with Crippen molar-refractivity contribution in [2.24, 2.45) is 0 Å². The SMILES string of the molecule is Cc1ccc(C(=O)Nc2ccc(I)c(C)n2)c(C)c1. The van der Waals surface area contributed by atoms with Crippen LogP contribution in [0.15, 0.2) is 30.3 Å². The van der Waals surface area contributed by atoms with Crippen LogP contribution in [0, 0.1) is 24.3 Å². The molecule has 2 aromatic rings. The summed E-state index contributed by atoms with van der Waals surface area (Å²) in [6, 6.07) is 9.55. The number of nitrogens with zero attached hydrogens (tertiary/aromatic N) is 1. The van der Waals surface area contributed by atoms with Crippen LogP contribution < -0.4 is 5.32 Å². The highest BCUT2D eigenvalue weighted by molar-refractivity contribution is 14.1. The molecule has 98 valence electrons. The summed E-state index contributed by atoms with van der Waals surface area (Å²) in [5, 5.41) is 2.83. The van der Waals surface area contributed by atoms with E-state index in [9.17, 15) is 4.79 Å². The molecule has 0 fully saturated rings. The third-order valence-electron chi connectivity index (χ3n) is 2.89. The van der Waals surface area contributed by atoms with Crippen molar-refractivity contribution < 1.29 is 4.79 Å². The number of amides is 1. The first kappa shape index (κ1) is 14.0. The van der Waals surface area contributed by atoms with Gasteiger partial charge in [-0.1, -0.05) is 17.7 Å². The summed E-state index contributed by atoms with van der Waals surface area (Å²) in [5.74, 6) is 0.466. The zero-order valence-electron chi connectivity index (χ0n) is 11.1. The normalized spacial score (nSPS) is 10.3. The Kier molecular flexibility index (Phi) is 4.19. The molecule has 0 aliphatic heterocycles. The van der Waals surface area contributed by atoms with E-state index in [0.717, 1.165) is 20.4 Å². The number of rotatable bonds is 2. The number of benzene rings is 1. The van der Waals surface area contributed by atoms with Crippen LogP contribution in [-0.4, -0.2) is 10.9 Å². The Labute approximate surface area is 126 Å². The Morgan fingerprint density at radius 2 is 1.89 bits per heavy atom. The van der Waals surface area contributed by atoms with Gasteiger partial charge in [0.1, 0.15) is 5.82 Å². The largest absolute Gasteiger partial charge is 0.307 e. The van der Waals surface area contributed by atoms with Gasteiger partial charge in [-0.3, -0.25) is 4.79 Å². The maximum atomic E-state index is 12.2. The molecule has 1 aromatic carbocycles. The topological polar surface area (TPSA) is 42.0 Å². The Bertz CT molecular complexity index is 638. The van der Waals surface area contributed by atoms with Crippen molar-refractivity contribution >= 4 is 34.3 Å². The van der Waals surface area contributed by atoms with E-state index in [1.807, 2.05) is 51.1 Å². The molecular formula is C15H15IN2O. The molecule has 4 heteroatoms. The molecule has 0 bridgehead atoms. The Balaban J connectivity index is 2.23. The van der Waals surface area contributed by atoms with E-state index in [4.69, 9.17) is 0 Å². The highest BCUT2D eigenvalue weighted by atomic mass is 127. The van der Waals surface area contributed by atoms with Gasteiger partial charge in [0.05, 0.1) is 5.69 Å². The molecule has 0 saturated carbocycles. The third kappa shape index (κ3) is 3.32. The van der Waals surface area contributed by atoms with Gasteiger partial charge < -0.3 is 5.32 Å². The zero-order valence-corrected chi connectivity index (χ0v) is 13.3. The van der Waals surface area contributed by atoms with Crippen LogP contribution in [0.5, 0.6) is 0 Å². The number of carbonyl (C=O) groups is 1. The van der Waals surface area contributed by atoms with Gasteiger partial charge in [0.25, 0.3) is 5.91 Å². The first-order chi connectivity index (χ1) is 8.97. The van der Waals surface area contributed by atoms with E-state index in [1.54, 1.807) is 0 Å². The van der Waals surface area contributed by atoms with E-state index in [0.29, 0.717) is 11.4 Å². The van der Waals surface area contributed by atoms with Crippen molar-refractivity contribution in [1.29, 1.82) is 0 Å². The van der Waals surface area contributed by atoms with E-state index < -0.39 is 0 Å². The van der Waals surface area contributed by atoms with Crippen LogP contribution in [0.1, 0.15) is 27.2 Å². The summed E-state index contributed by atoms with van der Waals surface area (Å²) in [5.41, 5.74) is 3.72. The van der Waals surface area contributed by atoms with Crippen LogP contribution in [0.3, 0.4) is 0 Å². The highest BCUT2D eigenvalue weighted by Crippen LogP contribution is 2.15. The lowest BCUT2D eigenvalue weighted by Gasteiger charge is -2.08. The van der Waals surface area contributed by atoms with E-state index in [2.05, 4.69) is 32.9 Å². The predicted octanol–water partition coefficient (Wildman–Crippen LogP) is 3.86. The first-order valence-corrected chi connectivity index (χ1v) is 7.07. The molecule has 3 nitrogen and oxygen atoms in total. The van der Waals surface area contributed by atoms with Crippen molar-refractivity contribution in [1.82, 2.24) is 4.98 Å². The number of anilines is 1. The Hall–Kier alpha value is -1.43. The van der Waals surface area contributed by atoms with Crippen LogP contribution in [0.4, 0.5) is 5.82 Å². The van der Waals surface area contributed by atoms with Crippen LogP contribution in [0.2, 0.25) is 0 Å². The van der Waals surface area contributed by atoms with Crippen LogP contribution >= 0.6 is 22.6 Å². The minimum absolute atomic E-state index is 0.120. The van der Waals surface area contributed by atoms with Crippen molar-refractivity contribution in [2.75, 3.05) is 5.32 Å². The number of aromatic nitrogens is 1. The summed E-state index contributed by atoms with van der Waals surface area (Å²) < 4.78 is 1.09. The molecule has 0 saturated heterocycles. The number of hydrogen-bond donors (Lipinski definition) is 1. The van der Waals surface area contributed by atoms with Crippen molar-refractivity contribution in [2.45, 2.75) is 20.8 Å². The minimum Gasteiger partial charge on any atom is -0.307 e. The molecule has 1 aromatic heterocycles. The lowest BCUT2D eigenvalue weighted by molar-refractivity contribution is 0.102. The summed E-state index contributed by atoms with van der Waals surface area (Å²) in [4.78, 5) is 16.5. The molecule has 0 spiro atoms. The molecule has 0 unspecified atom stereocenters. The lowest BCUT2D eigenvalue weighted by Crippen LogP contribution is -2.14. The van der Waals surface area contributed by atoms with Gasteiger partial charge >= 0.3 is 0 Å². The van der Waals surface area contributed by atoms with Gasteiger partial charge in [0, 0.05) is 9.13 Å². The van der Waals surface area contributed by atoms with Gasteiger partial charge in [-0.2, -0.15) is 0 Å². The van der Waals surface area contributed by atoms with Crippen LogP contribution in [0.25, 0.3) is 0 Å². The van der Waals surface area contributed by atoms with Gasteiger partial charge in [0.15, 0.2) is 0 Å². The summed E-state index contributed by atoms with van der Waals surface area (Å²) >= 11 is 2.22. The molecule has 0 radical (unpaired) electrons. The fraction of sp³-hybridized carbons (Fsp3) is 0.200. The number of carbonyl (C=O) groups excluding carboxylic acids is 1. The zero-order chi connectivity index (χ0) is 14.0. The second-order valence-electron chi connectivity index (χ2n) is 4.54. The predicted molar refractivity (Wildman–Crippen MR) is 85.6 cm³/mol. The van der Waals surface area contributed by atoms with Crippen LogP contribution in [-0.2, 0) is 0 Å². The molecule has 2 rings (SSSR count). The maximum absolute atomic E-state index is 12.2. The first-order valence-electron chi connectivity index (χ1n) is 5.99. The second-order valence-corrected chi connectivity index (χ2v) is 5.70. The minimum atomic E-state index is -0.120. The molecule has 1 heterocycles. The average Bonchev–Trinajstić information content (AvgIpc) is 2.33. The maximum Gasteiger partial charge on any atom is 0.257 e. The van der Waals surface area contributed by atoms with Gasteiger partial charge in [0.2, 0.25) is 0 Å². The summed E-state index contributed by atoms with van der Waals surface area (Å²) in [6.07, 6.45) is 0. The van der Waals surface area contributed by atoms with Crippen molar-refractivity contribution in [3.05, 3.63) is 56.3 Å². The number of hydrogen-bond acceptors (Lipinski definition) is 2. The van der Waals surface area contributed by atoms with Gasteiger partial charge in [-0.15, -0.1) is 0 Å². The number of halogens is 1. The second kappa shape index (κ2) is 5.69. The van der Waals surface area contributed by atoms with E-state index >= 15 is 0 Å². The fourth-order valence-corrected chi connectivity index (χ4v) is 2.17. The summed E-state index contributed by atoms with van der Waals surface area (Å²) in [7, 11) is 0. The molecule has 0 aliphatic carbocycles. The molecule has 1 amide bonds. The standard InChI is InChI=1S/C15H15IN2O/c1-9-4-5-12(10(2)8-9)15(19)18-14-7-6-13(16)11(3)17-14/h4-8H,1-3H3,(H,17,18,19). The van der Waals surface area contributed by atoms with E-state index in [1.165, 1.54) is 0 Å². The van der Waals surface area contributed by atoms with E-state index in [-0.39, 0.29) is 5.91 Å². The molecule has 0 atom stereocenters. The Morgan fingerprint density at radius 1 is 1.16 bits per heavy atom. The molecule has 1 N–H and O–H groups in total. The average molecular weight is 366 g/mol. The molecular weight excluding hydrogens is 351 g/mol. The van der Waals surface area contributed by atoms with Gasteiger partial charge in [-0.05, 0) is 67.1 Å². The number of nitrogens with one attached hydrogen (secondary N) is 1. The highest BCUT2D eigenvalue weighted by Gasteiger charge is 2.10. The fourth-order valence-electron chi connectivity index (χ4n) is 1.87. The van der Waals surface area contributed by atoms with Crippen molar-refractivity contribution in [3.8, 4) is 0 Å². The smallest absolute Gasteiger partial charge is 0.257 e. The monoisotopic (exact) mass is 366 g/mol. The quantitative estimate of drug-likeness (QED) is 0.821. The lowest BCUT2D eigenvalue weighted by atomic mass is 10.1. The van der Waals surface area contributed by atoms with Gasteiger partial charge in [-0.25, -0.2) is 4.98 Å². The summed E-state index contributed by atoms with van der Waals surface area (Å²) in [6.45, 7) is 5.88. The Morgan fingerprint density at radius 3 is 2.53 bits per heavy atom. The number of aryl methyl sites for hydroxylation is 3. The molecule has 0 aliphatic rings. The molecule has 19 heavy (non-hydrogen) atoms. The number of pyridine rings is 1. The third-order valence-corrected chi connectivity index (χ3v) is 4.03. The van der Waals surface area contributed by atoms with Crippen molar-refractivity contribution in [3.63, 3.8) is 0 Å².